The number of piperazine rings is 1. The van der Waals surface area contributed by atoms with E-state index < -0.39 is 10.0 Å². The first-order valence-corrected chi connectivity index (χ1v) is 8.43. The Labute approximate surface area is 107 Å². The molecule has 0 N–H and O–H groups in total. The quantitative estimate of drug-likeness (QED) is 0.776. The molecule has 0 radical (unpaired) electrons. The highest BCUT2D eigenvalue weighted by Gasteiger charge is 2.26. The third-order valence-corrected chi connectivity index (χ3v) is 6.46. The zero-order valence-corrected chi connectivity index (χ0v) is 11.8. The van der Waals surface area contributed by atoms with E-state index in [9.17, 15) is 8.42 Å². The van der Waals surface area contributed by atoms with Crippen molar-refractivity contribution in [2.75, 3.05) is 35.7 Å². The second-order valence-corrected chi connectivity index (χ2v) is 7.57. The Morgan fingerprint density at radius 2 is 2.06 bits per heavy atom. The first kappa shape index (κ1) is 12.3. The molecule has 0 unspecified atom stereocenters. The molecule has 0 spiro atoms. The van der Waals surface area contributed by atoms with E-state index in [1.807, 2.05) is 5.38 Å². The minimum atomic E-state index is -3.11. The summed E-state index contributed by atoms with van der Waals surface area (Å²) in [5.41, 5.74) is 0. The number of alkyl halides is 1. The van der Waals surface area contributed by atoms with E-state index in [1.54, 1.807) is 17.5 Å². The summed E-state index contributed by atoms with van der Waals surface area (Å²) < 4.78 is 24.7. The lowest BCUT2D eigenvalue weighted by Gasteiger charge is -2.33. The molecule has 2 heterocycles. The highest BCUT2D eigenvalue weighted by Crippen LogP contribution is 2.20. The molecule has 0 amide bonds. The van der Waals surface area contributed by atoms with Gasteiger partial charge in [-0.05, 0) is 0 Å². The van der Waals surface area contributed by atoms with Gasteiger partial charge in [0.05, 0.1) is 0 Å². The Morgan fingerprint density at radius 1 is 1.38 bits per heavy atom. The molecule has 0 atom stereocenters. The normalized spacial score (nSPS) is 18.9. The summed E-state index contributed by atoms with van der Waals surface area (Å²) in [6.45, 7) is 2.49. The highest BCUT2D eigenvalue weighted by molar-refractivity contribution is 9.10. The fraction of sp³-hybridized carbons (Fsp3) is 0.625. The van der Waals surface area contributed by atoms with Crippen molar-refractivity contribution >= 4 is 42.4 Å². The SMILES string of the molecule is O=S(=O)(CBr)N1CCN(c2nccs2)CC1. The summed E-state index contributed by atoms with van der Waals surface area (Å²) in [6, 6.07) is 0. The predicted molar refractivity (Wildman–Crippen MR) is 68.6 cm³/mol. The second kappa shape index (κ2) is 4.99. The first-order valence-electron chi connectivity index (χ1n) is 4.82. The fourth-order valence-corrected chi connectivity index (χ4v) is 4.02. The summed E-state index contributed by atoms with van der Waals surface area (Å²) in [5, 5.41) is 2.90. The van der Waals surface area contributed by atoms with Gasteiger partial charge in [0.15, 0.2) is 5.13 Å². The summed E-state index contributed by atoms with van der Waals surface area (Å²) in [5.74, 6) is 0. The van der Waals surface area contributed by atoms with Gasteiger partial charge in [-0.3, -0.25) is 0 Å². The molecule has 1 aliphatic heterocycles. The van der Waals surface area contributed by atoms with Gasteiger partial charge >= 0.3 is 0 Å². The van der Waals surface area contributed by atoms with E-state index in [4.69, 9.17) is 0 Å². The first-order chi connectivity index (χ1) is 7.63. The van der Waals surface area contributed by atoms with E-state index in [2.05, 4.69) is 25.8 Å². The van der Waals surface area contributed by atoms with Crippen molar-refractivity contribution in [3.05, 3.63) is 11.6 Å². The Hall–Kier alpha value is -0.180. The van der Waals surface area contributed by atoms with Gasteiger partial charge in [0.2, 0.25) is 10.0 Å². The van der Waals surface area contributed by atoms with Crippen molar-refractivity contribution in [2.45, 2.75) is 0 Å². The number of halogens is 1. The summed E-state index contributed by atoms with van der Waals surface area (Å²) in [7, 11) is -3.11. The van der Waals surface area contributed by atoms with E-state index >= 15 is 0 Å². The molecule has 0 bridgehead atoms. The van der Waals surface area contributed by atoms with E-state index in [1.165, 1.54) is 4.31 Å². The third kappa shape index (κ3) is 2.55. The van der Waals surface area contributed by atoms with Gasteiger partial charge in [-0.1, -0.05) is 15.9 Å². The van der Waals surface area contributed by atoms with Crippen LogP contribution in [0.1, 0.15) is 0 Å². The zero-order valence-electron chi connectivity index (χ0n) is 8.54. The van der Waals surface area contributed by atoms with Crippen LogP contribution in [0.5, 0.6) is 0 Å². The summed E-state index contributed by atoms with van der Waals surface area (Å²) in [4.78, 5) is 6.33. The van der Waals surface area contributed by atoms with Crippen LogP contribution in [0.25, 0.3) is 0 Å². The maximum absolute atomic E-state index is 11.6. The van der Waals surface area contributed by atoms with Gasteiger partial charge in [-0.25, -0.2) is 13.4 Å². The zero-order chi connectivity index (χ0) is 11.6. The summed E-state index contributed by atoms with van der Waals surface area (Å²) >= 11 is 4.59. The van der Waals surface area contributed by atoms with Crippen LogP contribution >= 0.6 is 27.3 Å². The monoisotopic (exact) mass is 325 g/mol. The van der Waals surface area contributed by atoms with Crippen LogP contribution in [-0.2, 0) is 10.0 Å². The number of sulfonamides is 1. The van der Waals surface area contributed by atoms with Crippen LogP contribution in [0, 0.1) is 0 Å². The largest absolute Gasteiger partial charge is 0.345 e. The molecule has 1 saturated heterocycles. The van der Waals surface area contributed by atoms with Crippen molar-refractivity contribution in [3.8, 4) is 0 Å². The number of hydrogen-bond acceptors (Lipinski definition) is 5. The standard InChI is InChI=1S/C8H12BrN3O2S2/c9-7-16(13,14)12-4-2-11(3-5-12)8-10-1-6-15-8/h1,6H,2-5,7H2. The number of anilines is 1. The predicted octanol–water partition coefficient (Wildman–Crippen LogP) is 0.947. The van der Waals surface area contributed by atoms with Crippen LogP contribution in [-0.4, -0.2) is 48.5 Å². The van der Waals surface area contributed by atoms with Crippen LogP contribution in [0.3, 0.4) is 0 Å². The molecule has 1 aromatic rings. The molecule has 90 valence electrons. The number of hydrogen-bond donors (Lipinski definition) is 0. The number of thiazole rings is 1. The third-order valence-electron chi connectivity index (χ3n) is 2.46. The molecular weight excluding hydrogens is 314 g/mol. The smallest absolute Gasteiger partial charge is 0.224 e. The fourth-order valence-electron chi connectivity index (χ4n) is 1.60. The second-order valence-electron chi connectivity index (χ2n) is 3.42. The molecule has 1 aliphatic rings. The van der Waals surface area contributed by atoms with Crippen molar-refractivity contribution in [1.82, 2.24) is 9.29 Å². The Bertz CT molecular complexity index is 426. The lowest BCUT2D eigenvalue weighted by atomic mass is 10.4. The molecule has 1 fully saturated rings. The van der Waals surface area contributed by atoms with Crippen molar-refractivity contribution < 1.29 is 8.42 Å². The van der Waals surface area contributed by atoms with Crippen LogP contribution in [0.15, 0.2) is 11.6 Å². The minimum absolute atomic E-state index is 0.00273. The van der Waals surface area contributed by atoms with E-state index in [0.29, 0.717) is 26.2 Å². The van der Waals surface area contributed by atoms with Gasteiger partial charge in [0.1, 0.15) is 4.66 Å². The van der Waals surface area contributed by atoms with Crippen molar-refractivity contribution in [1.29, 1.82) is 0 Å². The molecule has 8 heteroatoms. The highest BCUT2D eigenvalue weighted by atomic mass is 79.9. The Kier molecular flexibility index (Phi) is 3.83. The molecule has 0 saturated carbocycles. The molecule has 0 aliphatic carbocycles. The lowest BCUT2D eigenvalue weighted by Crippen LogP contribution is -2.48. The molecule has 5 nitrogen and oxygen atoms in total. The molecular formula is C8H12BrN3O2S2. The Balaban J connectivity index is 1.98. The van der Waals surface area contributed by atoms with Crippen molar-refractivity contribution in [3.63, 3.8) is 0 Å². The lowest BCUT2D eigenvalue weighted by molar-refractivity contribution is 0.387. The Morgan fingerprint density at radius 3 is 2.56 bits per heavy atom. The van der Waals surface area contributed by atoms with Gasteiger partial charge in [-0.2, -0.15) is 4.31 Å². The van der Waals surface area contributed by atoms with E-state index in [0.717, 1.165) is 5.13 Å². The average Bonchev–Trinajstić information content (AvgIpc) is 2.83. The van der Waals surface area contributed by atoms with Crippen LogP contribution in [0.4, 0.5) is 5.13 Å². The molecule has 1 aromatic heterocycles. The van der Waals surface area contributed by atoms with Gasteiger partial charge < -0.3 is 4.90 Å². The van der Waals surface area contributed by atoms with Crippen LogP contribution in [0.2, 0.25) is 0 Å². The van der Waals surface area contributed by atoms with Gasteiger partial charge in [-0.15, -0.1) is 11.3 Å². The number of nitrogens with zero attached hydrogens (tertiary/aromatic N) is 3. The van der Waals surface area contributed by atoms with Crippen LogP contribution < -0.4 is 4.90 Å². The number of aromatic nitrogens is 1. The van der Waals surface area contributed by atoms with Gasteiger partial charge in [0.25, 0.3) is 0 Å². The molecule has 16 heavy (non-hydrogen) atoms. The minimum Gasteiger partial charge on any atom is -0.345 e. The summed E-state index contributed by atoms with van der Waals surface area (Å²) in [6.07, 6.45) is 1.77. The topological polar surface area (TPSA) is 53.5 Å². The number of rotatable bonds is 3. The maximum Gasteiger partial charge on any atom is 0.224 e. The molecule has 0 aromatic carbocycles. The molecule has 2 rings (SSSR count). The van der Waals surface area contributed by atoms with Gasteiger partial charge in [0, 0.05) is 37.8 Å². The van der Waals surface area contributed by atoms with E-state index in [-0.39, 0.29) is 4.66 Å². The average molecular weight is 326 g/mol. The van der Waals surface area contributed by atoms with Crippen molar-refractivity contribution in [2.24, 2.45) is 0 Å². The maximum atomic E-state index is 11.6.